The molecule has 0 bridgehead atoms. The average molecular weight is 170 g/mol. The van der Waals surface area contributed by atoms with Crippen molar-refractivity contribution in [3.63, 3.8) is 0 Å². The first-order valence-electron chi connectivity index (χ1n) is 2.65. The molecule has 0 amide bonds. The highest BCUT2D eigenvalue weighted by molar-refractivity contribution is 5.84. The van der Waals surface area contributed by atoms with Crippen LogP contribution in [0.2, 0.25) is 0 Å². The molecule has 0 unspecified atom stereocenters. The summed E-state index contributed by atoms with van der Waals surface area (Å²) < 4.78 is 0. The fourth-order valence-electron chi connectivity index (χ4n) is 0. The monoisotopic (exact) mass is 170 g/mol. The minimum atomic E-state index is -0.935. The molecule has 1 N–H and O–H groups in total. The Bertz CT molecular complexity index is 179. The molecule has 0 saturated heterocycles. The van der Waals surface area contributed by atoms with E-state index in [0.29, 0.717) is 0 Å². The van der Waals surface area contributed by atoms with Crippen LogP contribution in [0.15, 0.2) is 25.3 Å². The van der Waals surface area contributed by atoms with Crippen LogP contribution in [0, 0.1) is 0 Å². The summed E-state index contributed by atoms with van der Waals surface area (Å²) in [5, 5.41) is 7.89. The lowest BCUT2D eigenvalue weighted by Crippen LogP contribution is -1.92. The van der Waals surface area contributed by atoms with Crippen LogP contribution >= 0.6 is 0 Å². The van der Waals surface area contributed by atoms with Crippen molar-refractivity contribution >= 4 is 17.9 Å². The number of hydrogen-bond acceptors (Lipinski definition) is 3. The summed E-state index contributed by atoms with van der Waals surface area (Å²) in [6, 6.07) is 0. The molecular weight excluding hydrogens is 160 g/mol. The van der Waals surface area contributed by atoms with Gasteiger partial charge in [-0.25, -0.2) is 14.4 Å². The summed E-state index contributed by atoms with van der Waals surface area (Å²) in [4.78, 5) is 26.7. The summed E-state index contributed by atoms with van der Waals surface area (Å²) in [6.45, 7) is 9.96. The van der Waals surface area contributed by atoms with Gasteiger partial charge in [-0.3, -0.25) is 0 Å². The van der Waals surface area contributed by atoms with E-state index in [9.17, 15) is 4.79 Å². The quantitative estimate of drug-likeness (QED) is 0.463. The zero-order chi connectivity index (χ0) is 10.6. The van der Waals surface area contributed by atoms with Gasteiger partial charge < -0.3 is 5.11 Å². The van der Waals surface area contributed by atoms with Gasteiger partial charge in [-0.2, -0.15) is 0 Å². The van der Waals surface area contributed by atoms with Gasteiger partial charge in [0.2, 0.25) is 0 Å². The molecule has 4 heteroatoms. The molecule has 0 aromatic carbocycles. The van der Waals surface area contributed by atoms with Gasteiger partial charge in [-0.05, 0) is 20.1 Å². The Hall–Kier alpha value is -1.89. The van der Waals surface area contributed by atoms with Gasteiger partial charge in [0.05, 0.1) is 0 Å². The Labute approximate surface area is 70.5 Å². The summed E-state index contributed by atoms with van der Waals surface area (Å²) in [6.07, 6.45) is 0. The minimum Gasteiger partial charge on any atom is -0.478 e. The van der Waals surface area contributed by atoms with E-state index in [1.165, 1.54) is 18.8 Å². The van der Waals surface area contributed by atoms with Crippen LogP contribution in [0.25, 0.3) is 0 Å². The Morgan fingerprint density at radius 1 is 1.25 bits per heavy atom. The third kappa shape index (κ3) is 92.1. The summed E-state index contributed by atoms with van der Waals surface area (Å²) in [7, 11) is 0. The van der Waals surface area contributed by atoms with E-state index in [2.05, 4.69) is 19.7 Å². The smallest absolute Gasteiger partial charge is 0.330 e. The second kappa shape index (κ2) is 16.1. The van der Waals surface area contributed by atoms with Crippen LogP contribution in [-0.2, 0) is 14.4 Å². The van der Waals surface area contributed by atoms with Crippen LogP contribution in [0.5, 0.6) is 0 Å². The number of carboxylic acids is 1. The first-order chi connectivity index (χ1) is 5.47. The molecule has 0 aromatic rings. The molecule has 0 atom stereocenters. The molecule has 0 heterocycles. The van der Waals surface area contributed by atoms with Crippen molar-refractivity contribution in [1.29, 1.82) is 0 Å². The first-order valence-corrected chi connectivity index (χ1v) is 2.65. The van der Waals surface area contributed by atoms with Crippen molar-refractivity contribution in [1.82, 2.24) is 0 Å². The average Bonchev–Trinajstić information content (AvgIpc) is 1.90. The number of rotatable bonds is 1. The lowest BCUT2D eigenvalue weighted by molar-refractivity contribution is -0.132. The Morgan fingerprint density at radius 3 is 1.33 bits per heavy atom. The van der Waals surface area contributed by atoms with Crippen molar-refractivity contribution in [2.45, 2.75) is 6.92 Å². The fourth-order valence-corrected chi connectivity index (χ4v) is 0. The second-order valence-electron chi connectivity index (χ2n) is 1.37. The van der Waals surface area contributed by atoms with Gasteiger partial charge in [0.1, 0.15) is 11.9 Å². The number of carbonyl (C=O) groups is 1. The lowest BCUT2D eigenvalue weighted by Gasteiger charge is -1.79. The van der Waals surface area contributed by atoms with Gasteiger partial charge >= 0.3 is 5.97 Å². The molecule has 0 saturated carbocycles. The normalized spacial score (nSPS) is 5.08. The summed E-state index contributed by atoms with van der Waals surface area (Å²) in [5.41, 5.74) is 0.176. The Kier molecular flexibility index (Phi) is 22.2. The number of hydrogen-bond donors (Lipinski definition) is 1. The van der Waals surface area contributed by atoms with Crippen molar-refractivity contribution in [3.05, 3.63) is 25.3 Å². The Morgan fingerprint density at radius 2 is 1.33 bits per heavy atom. The maximum atomic E-state index is 9.60. The molecule has 4 nitrogen and oxygen atoms in total. The molecular formula is C8H10O4. The summed E-state index contributed by atoms with van der Waals surface area (Å²) in [5.74, 6) is 1.56. The highest BCUT2D eigenvalue weighted by atomic mass is 16.4. The molecule has 66 valence electrons. The largest absolute Gasteiger partial charge is 0.478 e. The van der Waals surface area contributed by atoms with Crippen molar-refractivity contribution in [2.75, 3.05) is 0 Å². The molecule has 0 spiro atoms. The lowest BCUT2D eigenvalue weighted by atomic mass is 10.4. The van der Waals surface area contributed by atoms with E-state index in [1.807, 2.05) is 0 Å². The van der Waals surface area contributed by atoms with E-state index in [0.717, 1.165) is 0 Å². The molecule has 0 radical (unpaired) electrons. The predicted molar refractivity (Wildman–Crippen MR) is 45.1 cm³/mol. The summed E-state index contributed by atoms with van der Waals surface area (Å²) >= 11 is 0. The first kappa shape index (κ1) is 16.6. The third-order valence-corrected chi connectivity index (χ3v) is 0.365. The number of carbonyl (C=O) groups excluding carboxylic acids is 2. The molecule has 0 aliphatic heterocycles. The minimum absolute atomic E-state index is 0.176. The number of aliphatic carboxylic acids is 1. The Balaban J connectivity index is -0.000000115. The van der Waals surface area contributed by atoms with Gasteiger partial charge in [0, 0.05) is 5.57 Å². The molecule has 0 aliphatic carbocycles. The predicted octanol–water partition coefficient (Wildman–Crippen LogP) is 0.655. The highest BCUT2D eigenvalue weighted by Crippen LogP contribution is 1.81. The van der Waals surface area contributed by atoms with Crippen LogP contribution < -0.4 is 0 Å². The van der Waals surface area contributed by atoms with Crippen LogP contribution in [0.1, 0.15) is 6.92 Å². The van der Waals surface area contributed by atoms with Gasteiger partial charge in [0.15, 0.2) is 0 Å². The maximum Gasteiger partial charge on any atom is 0.330 e. The highest BCUT2D eigenvalue weighted by Gasteiger charge is 1.90. The van der Waals surface area contributed by atoms with E-state index < -0.39 is 5.97 Å². The van der Waals surface area contributed by atoms with Crippen molar-refractivity contribution in [3.8, 4) is 0 Å². The van der Waals surface area contributed by atoms with Gasteiger partial charge in [-0.1, -0.05) is 6.58 Å². The topological polar surface area (TPSA) is 71.4 Å². The SMILES string of the molecule is C=C(C)C(=O)O.C=C=O.C=C=O. The standard InChI is InChI=1S/C4H6O2.2C2H2O/c1-3(2)4(5)6;2*1-2-3/h1H2,2H3,(H,5,6);2*1H2. The number of carboxylic acid groups (broad SMARTS) is 1. The van der Waals surface area contributed by atoms with E-state index in [-0.39, 0.29) is 5.57 Å². The van der Waals surface area contributed by atoms with E-state index in [1.54, 1.807) is 0 Å². The molecule has 12 heavy (non-hydrogen) atoms. The van der Waals surface area contributed by atoms with Gasteiger partial charge in [-0.15, -0.1) is 0 Å². The van der Waals surface area contributed by atoms with Gasteiger partial charge in [0.25, 0.3) is 0 Å². The van der Waals surface area contributed by atoms with E-state index >= 15 is 0 Å². The van der Waals surface area contributed by atoms with Crippen LogP contribution in [0.4, 0.5) is 0 Å². The third-order valence-electron chi connectivity index (χ3n) is 0.365. The van der Waals surface area contributed by atoms with E-state index in [4.69, 9.17) is 14.7 Å². The second-order valence-corrected chi connectivity index (χ2v) is 1.37. The zero-order valence-electron chi connectivity index (χ0n) is 6.79. The molecule has 0 rings (SSSR count). The molecule has 0 aromatic heterocycles. The molecule has 0 aliphatic rings. The van der Waals surface area contributed by atoms with Crippen molar-refractivity contribution in [2.24, 2.45) is 0 Å². The van der Waals surface area contributed by atoms with Crippen molar-refractivity contribution < 1.29 is 19.5 Å². The van der Waals surface area contributed by atoms with Crippen LogP contribution in [0.3, 0.4) is 0 Å². The fraction of sp³-hybridized carbons (Fsp3) is 0.125. The molecule has 0 fully saturated rings. The maximum absolute atomic E-state index is 9.60. The van der Waals surface area contributed by atoms with Crippen LogP contribution in [-0.4, -0.2) is 23.0 Å². The zero-order valence-corrected chi connectivity index (χ0v) is 6.79.